The van der Waals surface area contributed by atoms with Crippen molar-refractivity contribution < 1.29 is 9.90 Å². The molecule has 146 valence electrons. The van der Waals surface area contributed by atoms with E-state index in [1.54, 1.807) is 17.1 Å². The zero-order chi connectivity index (χ0) is 19.9. The van der Waals surface area contributed by atoms with Crippen LogP contribution in [0.5, 0.6) is 0 Å². The molecule has 28 heavy (non-hydrogen) atoms. The van der Waals surface area contributed by atoms with Crippen LogP contribution in [0.1, 0.15) is 17.0 Å². The molecule has 0 spiro atoms. The number of anilines is 1. The molecule has 0 aliphatic heterocycles. The molecule has 0 radical (unpaired) electrons. The van der Waals surface area contributed by atoms with Gasteiger partial charge in [0, 0.05) is 12.7 Å². The molecule has 6 nitrogen and oxygen atoms in total. The maximum Gasteiger partial charge on any atom is 0.236 e. The van der Waals surface area contributed by atoms with Crippen molar-refractivity contribution in [3.63, 3.8) is 0 Å². The Kier molecular flexibility index (Phi) is 6.57. The quantitative estimate of drug-likeness (QED) is 0.632. The topological polar surface area (TPSA) is 70.4 Å². The van der Waals surface area contributed by atoms with Crippen LogP contribution in [0.15, 0.2) is 73.1 Å². The fraction of sp³-hybridized carbons (Fsp3) is 0.273. The molecular weight excluding hydrogens is 352 g/mol. The molecule has 1 atom stereocenters. The normalized spacial score (nSPS) is 12.3. The van der Waals surface area contributed by atoms with Crippen molar-refractivity contribution in [2.24, 2.45) is 0 Å². The lowest BCUT2D eigenvalue weighted by Gasteiger charge is -2.17. The second kappa shape index (κ2) is 9.30. The number of carbonyl (C=O) groups excluding carboxylic acids is 1. The highest BCUT2D eigenvalue weighted by Gasteiger charge is 2.23. The number of hydrogen-bond acceptors (Lipinski definition) is 4. The number of aromatic nitrogens is 2. The Bertz CT molecular complexity index is 838. The predicted molar refractivity (Wildman–Crippen MR) is 110 cm³/mol. The van der Waals surface area contributed by atoms with E-state index in [9.17, 15) is 9.90 Å². The summed E-state index contributed by atoms with van der Waals surface area (Å²) in [6.07, 6.45) is 2.82. The van der Waals surface area contributed by atoms with Crippen LogP contribution in [0.3, 0.4) is 0 Å². The van der Waals surface area contributed by atoms with Gasteiger partial charge in [-0.2, -0.15) is 5.10 Å². The Labute approximate surface area is 165 Å². The van der Waals surface area contributed by atoms with E-state index >= 15 is 0 Å². The molecule has 2 aromatic carbocycles. The maximum atomic E-state index is 13.1. The zero-order valence-electron chi connectivity index (χ0n) is 16.2. The molecule has 0 bridgehead atoms. The summed E-state index contributed by atoms with van der Waals surface area (Å²) in [6, 6.07) is 19.4. The van der Waals surface area contributed by atoms with E-state index in [4.69, 9.17) is 0 Å². The number of aliphatic hydroxyl groups is 1. The molecule has 0 unspecified atom stereocenters. The number of nitrogens with zero attached hydrogens (tertiary/aromatic N) is 3. The zero-order valence-corrected chi connectivity index (χ0v) is 16.2. The lowest BCUT2D eigenvalue weighted by atomic mass is 9.90. The van der Waals surface area contributed by atoms with Crippen LogP contribution in [-0.4, -0.2) is 52.4 Å². The molecule has 6 heteroatoms. The lowest BCUT2D eigenvalue weighted by molar-refractivity contribution is -0.116. The summed E-state index contributed by atoms with van der Waals surface area (Å²) in [5.74, 6) is -0.532. The average molecular weight is 378 g/mol. The first-order valence-electron chi connectivity index (χ1n) is 9.29. The van der Waals surface area contributed by atoms with Gasteiger partial charge in [-0.05, 0) is 25.2 Å². The molecule has 0 saturated carbocycles. The summed E-state index contributed by atoms with van der Waals surface area (Å²) < 4.78 is 1.64. The van der Waals surface area contributed by atoms with Crippen LogP contribution in [0.25, 0.3) is 0 Å². The first-order valence-corrected chi connectivity index (χ1v) is 9.29. The Morgan fingerprint density at radius 1 is 1.07 bits per heavy atom. The maximum absolute atomic E-state index is 13.1. The molecule has 1 heterocycles. The first kappa shape index (κ1) is 19.8. The van der Waals surface area contributed by atoms with Crippen LogP contribution in [-0.2, 0) is 11.3 Å². The van der Waals surface area contributed by atoms with Gasteiger partial charge in [-0.15, -0.1) is 0 Å². The summed E-state index contributed by atoms with van der Waals surface area (Å²) in [6.45, 7) is 0.917. The third-order valence-electron chi connectivity index (χ3n) is 4.40. The number of benzene rings is 2. The monoisotopic (exact) mass is 378 g/mol. The highest BCUT2D eigenvalue weighted by molar-refractivity contribution is 5.98. The highest BCUT2D eigenvalue weighted by Crippen LogP contribution is 2.26. The summed E-state index contributed by atoms with van der Waals surface area (Å²) in [7, 11) is 3.82. The largest absolute Gasteiger partial charge is 0.390 e. The second-order valence-corrected chi connectivity index (χ2v) is 7.11. The highest BCUT2D eigenvalue weighted by atomic mass is 16.3. The minimum absolute atomic E-state index is 0.120. The Morgan fingerprint density at radius 3 is 2.18 bits per heavy atom. The minimum Gasteiger partial charge on any atom is -0.390 e. The molecule has 0 saturated heterocycles. The van der Waals surface area contributed by atoms with Crippen molar-refractivity contribution in [2.45, 2.75) is 18.6 Å². The van der Waals surface area contributed by atoms with Crippen molar-refractivity contribution in [1.29, 1.82) is 0 Å². The van der Waals surface area contributed by atoms with Crippen LogP contribution in [0, 0.1) is 0 Å². The Balaban J connectivity index is 1.74. The number of nitrogens with one attached hydrogen (secondary N) is 1. The molecule has 1 amide bonds. The average Bonchev–Trinajstić information content (AvgIpc) is 3.09. The van der Waals surface area contributed by atoms with E-state index in [2.05, 4.69) is 10.4 Å². The number of aliphatic hydroxyl groups excluding tert-OH is 1. The summed E-state index contributed by atoms with van der Waals surface area (Å²) in [4.78, 5) is 15.0. The molecule has 3 rings (SSSR count). The third kappa shape index (κ3) is 5.28. The van der Waals surface area contributed by atoms with Gasteiger partial charge in [0.1, 0.15) is 0 Å². The fourth-order valence-electron chi connectivity index (χ4n) is 3.22. The minimum atomic E-state index is -0.528. The van der Waals surface area contributed by atoms with Crippen LogP contribution in [0.4, 0.5) is 5.69 Å². The van der Waals surface area contributed by atoms with Crippen LogP contribution >= 0.6 is 0 Å². The lowest BCUT2D eigenvalue weighted by Crippen LogP contribution is -2.29. The van der Waals surface area contributed by atoms with E-state index < -0.39 is 12.0 Å². The van der Waals surface area contributed by atoms with E-state index in [1.807, 2.05) is 79.7 Å². The molecular formula is C22H26N4O2. The van der Waals surface area contributed by atoms with Gasteiger partial charge >= 0.3 is 0 Å². The fourth-order valence-corrected chi connectivity index (χ4v) is 3.22. The van der Waals surface area contributed by atoms with Gasteiger partial charge in [0.2, 0.25) is 5.91 Å². The van der Waals surface area contributed by atoms with E-state index in [1.165, 1.54) is 0 Å². The van der Waals surface area contributed by atoms with Crippen molar-refractivity contribution in [3.8, 4) is 0 Å². The Hall–Kier alpha value is -2.96. The van der Waals surface area contributed by atoms with Gasteiger partial charge in [-0.25, -0.2) is 0 Å². The van der Waals surface area contributed by atoms with E-state index in [0.717, 1.165) is 11.1 Å². The molecule has 3 aromatic rings. The van der Waals surface area contributed by atoms with Crippen LogP contribution in [0.2, 0.25) is 0 Å². The summed E-state index contributed by atoms with van der Waals surface area (Å²) in [5.41, 5.74) is 2.47. The van der Waals surface area contributed by atoms with Gasteiger partial charge in [0.25, 0.3) is 0 Å². The third-order valence-corrected chi connectivity index (χ3v) is 4.40. The number of likely N-dealkylation sites (N-methyl/N-ethyl adjacent to an activating group) is 1. The van der Waals surface area contributed by atoms with Crippen molar-refractivity contribution in [2.75, 3.05) is 26.0 Å². The summed E-state index contributed by atoms with van der Waals surface area (Å²) in [5, 5.41) is 17.3. The summed E-state index contributed by atoms with van der Waals surface area (Å²) >= 11 is 0. The number of hydrogen-bond donors (Lipinski definition) is 2. The van der Waals surface area contributed by atoms with Crippen molar-refractivity contribution in [1.82, 2.24) is 14.7 Å². The molecule has 0 fully saturated rings. The predicted octanol–water partition coefficient (Wildman–Crippen LogP) is 2.58. The molecule has 1 aromatic heterocycles. The molecule has 0 aliphatic carbocycles. The number of carbonyl (C=O) groups is 1. The van der Waals surface area contributed by atoms with Gasteiger partial charge in [-0.3, -0.25) is 9.48 Å². The van der Waals surface area contributed by atoms with E-state index in [0.29, 0.717) is 18.8 Å². The molecule has 2 N–H and O–H groups in total. The SMILES string of the molecule is CN(C)C[C@@H](O)Cn1cc(NC(=O)C(c2ccccc2)c2ccccc2)cn1. The number of rotatable bonds is 8. The van der Waals surface area contributed by atoms with Crippen molar-refractivity contribution in [3.05, 3.63) is 84.2 Å². The van der Waals surface area contributed by atoms with Crippen LogP contribution < -0.4 is 5.32 Å². The van der Waals surface area contributed by atoms with Crippen molar-refractivity contribution >= 4 is 11.6 Å². The van der Waals surface area contributed by atoms with E-state index in [-0.39, 0.29) is 5.91 Å². The smallest absolute Gasteiger partial charge is 0.236 e. The van der Waals surface area contributed by atoms with Gasteiger partial charge in [0.15, 0.2) is 0 Å². The van der Waals surface area contributed by atoms with Gasteiger partial charge in [0.05, 0.1) is 30.5 Å². The number of amides is 1. The first-order chi connectivity index (χ1) is 13.5. The second-order valence-electron chi connectivity index (χ2n) is 7.11. The molecule has 0 aliphatic rings. The Morgan fingerprint density at radius 2 is 1.64 bits per heavy atom. The standard InChI is InChI=1S/C22H26N4O2/c1-25(2)15-20(27)16-26-14-19(13-23-26)24-22(28)21(17-9-5-3-6-10-17)18-11-7-4-8-12-18/h3-14,20-21,27H,15-16H2,1-2H3,(H,24,28)/t20-/m1/s1. The van der Waals surface area contributed by atoms with Gasteiger partial charge in [-0.1, -0.05) is 60.7 Å². The van der Waals surface area contributed by atoms with Gasteiger partial charge < -0.3 is 15.3 Å².